The van der Waals surface area contributed by atoms with E-state index in [1.807, 2.05) is 31.2 Å². The molecule has 1 N–H and O–H groups in total. The van der Waals surface area contributed by atoms with Crippen molar-refractivity contribution >= 4 is 22.9 Å². The first-order chi connectivity index (χ1) is 7.22. The number of aryl methyl sites for hydroxylation is 1. The highest BCUT2D eigenvalue weighted by Crippen LogP contribution is 2.33. The highest BCUT2D eigenvalue weighted by atomic mass is 35.5. The molecular formula is C11H10ClNOS. The predicted octanol–water partition coefficient (Wildman–Crippen LogP) is 3.26. The van der Waals surface area contributed by atoms with Gasteiger partial charge < -0.3 is 5.11 Å². The van der Waals surface area contributed by atoms with E-state index in [2.05, 4.69) is 4.98 Å². The maximum Gasteiger partial charge on any atom is 0.125 e. The summed E-state index contributed by atoms with van der Waals surface area (Å²) in [6, 6.07) is 7.99. The average Bonchev–Trinajstić information content (AvgIpc) is 2.60. The Kier molecular flexibility index (Phi) is 3.05. The van der Waals surface area contributed by atoms with Crippen LogP contribution in [-0.4, -0.2) is 10.1 Å². The van der Waals surface area contributed by atoms with Crippen LogP contribution < -0.4 is 0 Å². The summed E-state index contributed by atoms with van der Waals surface area (Å²) < 4.78 is 0.566. The Morgan fingerprint density at radius 2 is 2.13 bits per heavy atom. The Morgan fingerprint density at radius 3 is 2.73 bits per heavy atom. The van der Waals surface area contributed by atoms with Gasteiger partial charge in [-0.15, -0.1) is 11.3 Å². The molecule has 15 heavy (non-hydrogen) atoms. The second kappa shape index (κ2) is 4.31. The summed E-state index contributed by atoms with van der Waals surface area (Å²) in [4.78, 5) is 4.30. The summed E-state index contributed by atoms with van der Waals surface area (Å²) >= 11 is 7.34. The Hall–Kier alpha value is -0.900. The molecule has 1 heterocycles. The third-order valence-electron chi connectivity index (χ3n) is 2.17. The zero-order valence-corrected chi connectivity index (χ0v) is 9.77. The van der Waals surface area contributed by atoms with Crippen LogP contribution >= 0.6 is 22.9 Å². The van der Waals surface area contributed by atoms with Gasteiger partial charge >= 0.3 is 0 Å². The molecule has 0 aliphatic rings. The molecule has 0 atom stereocenters. The summed E-state index contributed by atoms with van der Waals surface area (Å²) in [5.41, 5.74) is 2.79. The van der Waals surface area contributed by atoms with E-state index in [0.29, 0.717) is 10.0 Å². The van der Waals surface area contributed by atoms with Crippen LogP contribution in [0.4, 0.5) is 0 Å². The number of halogens is 1. The van der Waals surface area contributed by atoms with Crippen LogP contribution in [0, 0.1) is 6.92 Å². The van der Waals surface area contributed by atoms with Crippen LogP contribution in [0.1, 0.15) is 11.3 Å². The van der Waals surface area contributed by atoms with Crippen molar-refractivity contribution in [2.75, 3.05) is 0 Å². The van der Waals surface area contributed by atoms with Gasteiger partial charge in [-0.1, -0.05) is 35.9 Å². The van der Waals surface area contributed by atoms with Crippen LogP contribution in [0.15, 0.2) is 24.3 Å². The Labute approximate surface area is 97.2 Å². The number of benzene rings is 1. The second-order valence-corrected chi connectivity index (χ2v) is 4.81. The van der Waals surface area contributed by atoms with E-state index in [-0.39, 0.29) is 6.61 Å². The molecule has 2 aromatic rings. The third kappa shape index (κ3) is 2.04. The van der Waals surface area contributed by atoms with Gasteiger partial charge in [0.2, 0.25) is 0 Å². The van der Waals surface area contributed by atoms with E-state index in [4.69, 9.17) is 16.7 Å². The largest absolute Gasteiger partial charge is 0.390 e. The fourth-order valence-corrected chi connectivity index (χ4v) is 2.57. The fraction of sp³-hybridized carbons (Fsp3) is 0.182. The quantitative estimate of drug-likeness (QED) is 0.873. The molecule has 0 aliphatic carbocycles. The highest BCUT2D eigenvalue weighted by molar-refractivity contribution is 7.19. The standard InChI is InChI=1S/C11H10ClNOS/c1-7-4-2-3-5-8(7)11-13-9(6-14)10(12)15-11/h2-5,14H,6H2,1H3. The average molecular weight is 240 g/mol. The van der Waals surface area contributed by atoms with E-state index in [9.17, 15) is 0 Å². The smallest absolute Gasteiger partial charge is 0.125 e. The molecule has 0 fully saturated rings. The molecule has 2 nitrogen and oxygen atoms in total. The van der Waals surface area contributed by atoms with Gasteiger partial charge in [0, 0.05) is 5.56 Å². The van der Waals surface area contributed by atoms with Gasteiger partial charge in [0.25, 0.3) is 0 Å². The number of rotatable bonds is 2. The molecule has 78 valence electrons. The zero-order valence-electron chi connectivity index (χ0n) is 8.20. The zero-order chi connectivity index (χ0) is 10.8. The van der Waals surface area contributed by atoms with Crippen LogP contribution in [0.5, 0.6) is 0 Å². The number of aromatic nitrogens is 1. The van der Waals surface area contributed by atoms with Gasteiger partial charge in [0.1, 0.15) is 9.34 Å². The highest BCUT2D eigenvalue weighted by Gasteiger charge is 2.11. The maximum atomic E-state index is 9.01. The lowest BCUT2D eigenvalue weighted by atomic mass is 10.1. The minimum Gasteiger partial charge on any atom is -0.390 e. The van der Waals surface area contributed by atoms with Gasteiger partial charge in [0.15, 0.2) is 0 Å². The van der Waals surface area contributed by atoms with Gasteiger partial charge in [-0.25, -0.2) is 4.98 Å². The molecule has 1 aromatic carbocycles. The van der Waals surface area contributed by atoms with Crippen LogP contribution in [-0.2, 0) is 6.61 Å². The molecule has 0 saturated carbocycles. The molecule has 0 spiro atoms. The summed E-state index contributed by atoms with van der Waals surface area (Å²) in [6.07, 6.45) is 0. The molecule has 0 saturated heterocycles. The summed E-state index contributed by atoms with van der Waals surface area (Å²) in [6.45, 7) is 1.92. The minimum absolute atomic E-state index is 0.110. The van der Waals surface area contributed by atoms with Crippen molar-refractivity contribution in [3.05, 3.63) is 39.9 Å². The number of aliphatic hydroxyl groups excluding tert-OH is 1. The van der Waals surface area contributed by atoms with Gasteiger partial charge in [0.05, 0.1) is 12.3 Å². The topological polar surface area (TPSA) is 33.1 Å². The Balaban J connectivity index is 2.50. The van der Waals surface area contributed by atoms with Crippen LogP contribution in [0.2, 0.25) is 4.34 Å². The van der Waals surface area contributed by atoms with Crippen molar-refractivity contribution in [3.8, 4) is 10.6 Å². The van der Waals surface area contributed by atoms with Crippen LogP contribution in [0.3, 0.4) is 0 Å². The second-order valence-electron chi connectivity index (χ2n) is 3.21. The number of thiazole rings is 1. The normalized spacial score (nSPS) is 10.6. The van der Waals surface area contributed by atoms with Crippen molar-refractivity contribution in [3.63, 3.8) is 0 Å². The first kappa shape index (κ1) is 10.6. The molecule has 0 radical (unpaired) electrons. The van der Waals surface area contributed by atoms with Crippen LogP contribution in [0.25, 0.3) is 10.6 Å². The van der Waals surface area contributed by atoms with Gasteiger partial charge in [-0.3, -0.25) is 0 Å². The monoisotopic (exact) mass is 239 g/mol. The summed E-state index contributed by atoms with van der Waals surface area (Å²) in [5.74, 6) is 0. The van der Waals surface area contributed by atoms with Gasteiger partial charge in [-0.2, -0.15) is 0 Å². The number of aliphatic hydroxyl groups is 1. The molecule has 1 aromatic heterocycles. The van der Waals surface area contributed by atoms with Crippen molar-refractivity contribution in [2.24, 2.45) is 0 Å². The van der Waals surface area contributed by atoms with Crippen molar-refractivity contribution in [1.82, 2.24) is 4.98 Å². The lowest BCUT2D eigenvalue weighted by Gasteiger charge is -1.99. The first-order valence-electron chi connectivity index (χ1n) is 4.54. The Morgan fingerprint density at radius 1 is 1.40 bits per heavy atom. The molecule has 2 rings (SSSR count). The predicted molar refractivity (Wildman–Crippen MR) is 63.2 cm³/mol. The lowest BCUT2D eigenvalue weighted by Crippen LogP contribution is -1.85. The number of nitrogens with zero attached hydrogens (tertiary/aromatic N) is 1. The van der Waals surface area contributed by atoms with Crippen molar-refractivity contribution < 1.29 is 5.11 Å². The van der Waals surface area contributed by atoms with E-state index < -0.39 is 0 Å². The molecule has 0 aliphatic heterocycles. The SMILES string of the molecule is Cc1ccccc1-c1nc(CO)c(Cl)s1. The fourth-order valence-electron chi connectivity index (χ4n) is 1.36. The molecule has 0 bridgehead atoms. The third-order valence-corrected chi connectivity index (χ3v) is 3.54. The summed E-state index contributed by atoms with van der Waals surface area (Å²) in [5, 5.41) is 9.87. The van der Waals surface area contributed by atoms with E-state index >= 15 is 0 Å². The van der Waals surface area contributed by atoms with Gasteiger partial charge in [-0.05, 0) is 12.5 Å². The molecule has 0 unspecified atom stereocenters. The van der Waals surface area contributed by atoms with E-state index in [1.165, 1.54) is 11.3 Å². The number of hydrogen-bond donors (Lipinski definition) is 1. The van der Waals surface area contributed by atoms with Crippen molar-refractivity contribution in [1.29, 1.82) is 0 Å². The van der Waals surface area contributed by atoms with E-state index in [0.717, 1.165) is 16.1 Å². The lowest BCUT2D eigenvalue weighted by molar-refractivity contribution is 0.278. The maximum absolute atomic E-state index is 9.01. The minimum atomic E-state index is -0.110. The number of hydrogen-bond acceptors (Lipinski definition) is 3. The first-order valence-corrected chi connectivity index (χ1v) is 5.74. The summed E-state index contributed by atoms with van der Waals surface area (Å²) in [7, 11) is 0. The molecular weight excluding hydrogens is 230 g/mol. The van der Waals surface area contributed by atoms with E-state index in [1.54, 1.807) is 0 Å². The van der Waals surface area contributed by atoms with Crippen molar-refractivity contribution in [2.45, 2.75) is 13.5 Å². The molecule has 4 heteroatoms. The Bertz CT molecular complexity index is 481. The molecule has 0 amide bonds.